The van der Waals surface area contributed by atoms with Crippen LogP contribution in [-0.2, 0) is 16.6 Å². The molecule has 0 N–H and O–H groups in total. The third-order valence-corrected chi connectivity index (χ3v) is 5.59. The Balaban J connectivity index is 2.31. The number of halogens is 2. The lowest BCUT2D eigenvalue weighted by atomic mass is 10.2. The minimum Gasteiger partial charge on any atom is -0.258 e. The number of nitro benzene ring substituents is 1. The molecule has 0 aliphatic carbocycles. The molecule has 23 heavy (non-hydrogen) atoms. The normalized spacial score (nSPS) is 11.7. The first-order valence-corrected chi connectivity index (χ1v) is 8.56. The van der Waals surface area contributed by atoms with E-state index in [0.717, 1.165) is 4.31 Å². The molecular formula is C14H12Cl2N2O4S. The Kier molecular flexibility index (Phi) is 5.26. The predicted molar refractivity (Wildman–Crippen MR) is 88.2 cm³/mol. The number of rotatable bonds is 5. The maximum Gasteiger partial charge on any atom is 0.269 e. The van der Waals surface area contributed by atoms with Crippen molar-refractivity contribution < 1.29 is 13.3 Å². The molecule has 0 fully saturated rings. The molecular weight excluding hydrogens is 363 g/mol. The molecule has 122 valence electrons. The van der Waals surface area contributed by atoms with Gasteiger partial charge in [0.05, 0.1) is 9.82 Å². The standard InChI is InChI=1S/C14H12Cl2N2O4S/c1-17(23(21,22)13-5-2-11(15)3-6-13)9-10-8-12(18(19)20)4-7-14(10)16/h2-8H,9H2,1H3. The number of nitrogens with zero attached hydrogens (tertiary/aromatic N) is 2. The van der Waals surface area contributed by atoms with Crippen LogP contribution in [0.5, 0.6) is 0 Å². The van der Waals surface area contributed by atoms with Crippen LogP contribution in [0, 0.1) is 10.1 Å². The van der Waals surface area contributed by atoms with Crippen LogP contribution in [0.15, 0.2) is 47.4 Å². The van der Waals surface area contributed by atoms with E-state index in [1.165, 1.54) is 49.5 Å². The minimum atomic E-state index is -3.76. The Morgan fingerprint density at radius 3 is 2.30 bits per heavy atom. The van der Waals surface area contributed by atoms with Crippen molar-refractivity contribution in [3.05, 3.63) is 68.2 Å². The molecule has 0 saturated carbocycles. The molecule has 0 aromatic heterocycles. The summed E-state index contributed by atoms with van der Waals surface area (Å²) < 4.78 is 26.0. The quantitative estimate of drug-likeness (QED) is 0.589. The van der Waals surface area contributed by atoms with Gasteiger partial charge in [-0.25, -0.2) is 8.42 Å². The van der Waals surface area contributed by atoms with Gasteiger partial charge in [0.15, 0.2) is 0 Å². The molecule has 0 radical (unpaired) electrons. The molecule has 0 saturated heterocycles. The van der Waals surface area contributed by atoms with Crippen LogP contribution in [0.3, 0.4) is 0 Å². The van der Waals surface area contributed by atoms with E-state index in [4.69, 9.17) is 23.2 Å². The summed E-state index contributed by atoms with van der Waals surface area (Å²) in [5.74, 6) is 0. The lowest BCUT2D eigenvalue weighted by molar-refractivity contribution is -0.384. The van der Waals surface area contributed by atoms with Gasteiger partial charge < -0.3 is 0 Å². The molecule has 2 aromatic rings. The Labute approximate surface area is 143 Å². The van der Waals surface area contributed by atoms with Crippen LogP contribution in [0.4, 0.5) is 5.69 Å². The van der Waals surface area contributed by atoms with Crippen molar-refractivity contribution in [2.24, 2.45) is 0 Å². The Hall–Kier alpha value is -1.67. The van der Waals surface area contributed by atoms with Crippen molar-refractivity contribution in [1.82, 2.24) is 4.31 Å². The number of non-ortho nitro benzene ring substituents is 1. The van der Waals surface area contributed by atoms with Crippen LogP contribution in [0.2, 0.25) is 10.0 Å². The number of hydrogen-bond donors (Lipinski definition) is 0. The van der Waals surface area contributed by atoms with Gasteiger partial charge in [-0.3, -0.25) is 10.1 Å². The first kappa shape index (κ1) is 17.7. The number of benzene rings is 2. The van der Waals surface area contributed by atoms with Crippen LogP contribution in [-0.4, -0.2) is 24.7 Å². The summed E-state index contributed by atoms with van der Waals surface area (Å²) in [6.45, 7) is -0.0918. The van der Waals surface area contributed by atoms with Crippen molar-refractivity contribution in [3.8, 4) is 0 Å². The van der Waals surface area contributed by atoms with Crippen LogP contribution in [0.25, 0.3) is 0 Å². The Morgan fingerprint density at radius 1 is 1.13 bits per heavy atom. The van der Waals surface area contributed by atoms with Crippen molar-refractivity contribution in [3.63, 3.8) is 0 Å². The molecule has 9 heteroatoms. The zero-order chi connectivity index (χ0) is 17.2. The first-order chi connectivity index (χ1) is 10.7. The molecule has 2 rings (SSSR count). The van der Waals surface area contributed by atoms with Gasteiger partial charge >= 0.3 is 0 Å². The second-order valence-electron chi connectivity index (χ2n) is 4.75. The highest BCUT2D eigenvalue weighted by Gasteiger charge is 2.22. The van der Waals surface area contributed by atoms with Crippen LogP contribution in [0.1, 0.15) is 5.56 Å². The summed E-state index contributed by atoms with van der Waals surface area (Å²) in [7, 11) is -2.38. The van der Waals surface area contributed by atoms with E-state index in [2.05, 4.69) is 0 Å². The summed E-state index contributed by atoms with van der Waals surface area (Å²) in [6.07, 6.45) is 0. The van der Waals surface area contributed by atoms with Crippen molar-refractivity contribution >= 4 is 38.9 Å². The highest BCUT2D eigenvalue weighted by Crippen LogP contribution is 2.25. The highest BCUT2D eigenvalue weighted by molar-refractivity contribution is 7.89. The smallest absolute Gasteiger partial charge is 0.258 e. The first-order valence-electron chi connectivity index (χ1n) is 6.36. The fourth-order valence-corrected chi connectivity index (χ4v) is 3.36. The average Bonchev–Trinajstić information content (AvgIpc) is 2.49. The monoisotopic (exact) mass is 374 g/mol. The fraction of sp³-hybridized carbons (Fsp3) is 0.143. The summed E-state index contributed by atoms with van der Waals surface area (Å²) in [5, 5.41) is 11.5. The van der Waals surface area contributed by atoms with Gasteiger partial charge in [0.1, 0.15) is 0 Å². The lowest BCUT2D eigenvalue weighted by Gasteiger charge is -2.18. The molecule has 2 aromatic carbocycles. The largest absolute Gasteiger partial charge is 0.269 e. The van der Waals surface area contributed by atoms with Gasteiger partial charge in [0.2, 0.25) is 10.0 Å². The second kappa shape index (κ2) is 6.84. The third-order valence-electron chi connectivity index (χ3n) is 3.15. The van der Waals surface area contributed by atoms with Gasteiger partial charge in [-0.2, -0.15) is 4.31 Å². The molecule has 0 aliphatic rings. The van der Waals surface area contributed by atoms with E-state index in [9.17, 15) is 18.5 Å². The third kappa shape index (κ3) is 4.00. The zero-order valence-corrected chi connectivity index (χ0v) is 14.3. The topological polar surface area (TPSA) is 80.5 Å². The van der Waals surface area contributed by atoms with Gasteiger partial charge in [-0.15, -0.1) is 0 Å². The number of nitro groups is 1. The van der Waals surface area contributed by atoms with Gasteiger partial charge in [-0.05, 0) is 35.9 Å². The molecule has 0 bridgehead atoms. The van der Waals surface area contributed by atoms with Crippen molar-refractivity contribution in [2.45, 2.75) is 11.4 Å². The van der Waals surface area contributed by atoms with Crippen molar-refractivity contribution in [2.75, 3.05) is 7.05 Å². The summed E-state index contributed by atoms with van der Waals surface area (Å²) in [5.41, 5.74) is 0.197. The van der Waals surface area contributed by atoms with Gasteiger partial charge in [0, 0.05) is 35.8 Å². The maximum atomic E-state index is 12.5. The summed E-state index contributed by atoms with van der Waals surface area (Å²) >= 11 is 11.7. The van der Waals surface area contributed by atoms with E-state index < -0.39 is 14.9 Å². The SMILES string of the molecule is CN(Cc1cc([N+](=O)[O-])ccc1Cl)S(=O)(=O)c1ccc(Cl)cc1. The van der Waals surface area contributed by atoms with Crippen LogP contribution >= 0.6 is 23.2 Å². The van der Waals surface area contributed by atoms with E-state index in [1.807, 2.05) is 0 Å². The van der Waals surface area contributed by atoms with Crippen LogP contribution < -0.4 is 0 Å². The minimum absolute atomic E-state index is 0.0750. The van der Waals surface area contributed by atoms with E-state index in [0.29, 0.717) is 10.6 Å². The van der Waals surface area contributed by atoms with E-state index in [1.54, 1.807) is 0 Å². The molecule has 0 spiro atoms. The average molecular weight is 375 g/mol. The van der Waals surface area contributed by atoms with Gasteiger partial charge in [0.25, 0.3) is 5.69 Å². The van der Waals surface area contributed by atoms with E-state index >= 15 is 0 Å². The van der Waals surface area contributed by atoms with Crippen molar-refractivity contribution in [1.29, 1.82) is 0 Å². The number of hydrogen-bond acceptors (Lipinski definition) is 4. The Morgan fingerprint density at radius 2 is 1.74 bits per heavy atom. The van der Waals surface area contributed by atoms with Gasteiger partial charge in [-0.1, -0.05) is 23.2 Å². The summed E-state index contributed by atoms with van der Waals surface area (Å²) in [4.78, 5) is 10.3. The zero-order valence-electron chi connectivity index (χ0n) is 11.9. The fourth-order valence-electron chi connectivity index (χ4n) is 1.91. The summed E-state index contributed by atoms with van der Waals surface area (Å²) in [6, 6.07) is 9.63. The highest BCUT2D eigenvalue weighted by atomic mass is 35.5. The van der Waals surface area contributed by atoms with E-state index in [-0.39, 0.29) is 22.2 Å². The second-order valence-corrected chi connectivity index (χ2v) is 7.64. The number of sulfonamides is 1. The molecule has 6 nitrogen and oxygen atoms in total. The molecule has 0 amide bonds. The maximum absolute atomic E-state index is 12.5. The lowest BCUT2D eigenvalue weighted by Crippen LogP contribution is -2.26. The molecule has 0 aliphatic heterocycles. The molecule has 0 atom stereocenters. The Bertz CT molecular complexity index is 838. The molecule has 0 heterocycles. The predicted octanol–water partition coefficient (Wildman–Crippen LogP) is 3.72. The molecule has 0 unspecified atom stereocenters.